The molecule has 3 aromatic rings. The molecule has 3 atom stereocenters. The molecule has 184 valence electrons. The molecule has 7 nitrogen and oxygen atoms in total. The number of carbonyl (C=O) groups is 3. The molecule has 1 fully saturated rings. The first kappa shape index (κ1) is 23.8. The van der Waals surface area contributed by atoms with E-state index in [-0.39, 0.29) is 17.9 Å². The van der Waals surface area contributed by atoms with Gasteiger partial charge in [-0.15, -0.1) is 0 Å². The van der Waals surface area contributed by atoms with Crippen LogP contribution in [0.5, 0.6) is 0 Å². The van der Waals surface area contributed by atoms with Gasteiger partial charge in [-0.1, -0.05) is 48.0 Å². The lowest BCUT2D eigenvalue weighted by Gasteiger charge is -2.29. The standard InChI is InChI=1S/C29H29N3O4/c1-3-36-27(34)20-10-12-21(13-11-20)30-26(33)24-17-22(16-19-7-5-4-6-8-19)32-29(24)23-15-18(2)9-14-25(23)31-28(29)35/h4-15,22,24,32H,3,16-17H2,1-2H3,(H,30,33)(H,31,35)/t22-,24+,29-/m0/s1. The number of hydrogen-bond acceptors (Lipinski definition) is 5. The summed E-state index contributed by atoms with van der Waals surface area (Å²) in [6.45, 7) is 4.02. The molecule has 5 rings (SSSR count). The Balaban J connectivity index is 1.45. The van der Waals surface area contributed by atoms with E-state index >= 15 is 0 Å². The second kappa shape index (κ2) is 9.59. The summed E-state index contributed by atoms with van der Waals surface area (Å²) in [6.07, 6.45) is 1.21. The minimum Gasteiger partial charge on any atom is -0.462 e. The van der Waals surface area contributed by atoms with Crippen LogP contribution in [0.3, 0.4) is 0 Å². The number of anilines is 2. The van der Waals surface area contributed by atoms with E-state index in [0.717, 1.165) is 22.4 Å². The quantitative estimate of drug-likeness (QED) is 0.457. The minimum atomic E-state index is -1.16. The zero-order valence-corrected chi connectivity index (χ0v) is 20.3. The Morgan fingerprint density at radius 3 is 2.53 bits per heavy atom. The van der Waals surface area contributed by atoms with Crippen molar-refractivity contribution in [2.24, 2.45) is 5.92 Å². The molecule has 0 aromatic heterocycles. The number of hydrogen-bond donors (Lipinski definition) is 3. The van der Waals surface area contributed by atoms with Gasteiger partial charge in [-0.25, -0.2) is 4.79 Å². The van der Waals surface area contributed by atoms with Crippen molar-refractivity contribution in [3.05, 3.63) is 95.1 Å². The van der Waals surface area contributed by atoms with Crippen LogP contribution in [-0.4, -0.2) is 30.4 Å². The fraction of sp³-hybridized carbons (Fsp3) is 0.276. The molecule has 1 spiro atoms. The van der Waals surface area contributed by atoms with Crippen molar-refractivity contribution in [1.82, 2.24) is 5.32 Å². The van der Waals surface area contributed by atoms with Crippen molar-refractivity contribution in [2.45, 2.75) is 38.3 Å². The second-order valence-corrected chi connectivity index (χ2v) is 9.42. The lowest BCUT2D eigenvalue weighted by atomic mass is 9.79. The van der Waals surface area contributed by atoms with Crippen molar-refractivity contribution < 1.29 is 19.1 Å². The zero-order valence-electron chi connectivity index (χ0n) is 20.3. The van der Waals surface area contributed by atoms with Crippen molar-refractivity contribution >= 4 is 29.2 Å². The molecule has 7 heteroatoms. The van der Waals surface area contributed by atoms with Gasteiger partial charge >= 0.3 is 5.97 Å². The van der Waals surface area contributed by atoms with Crippen LogP contribution in [0.25, 0.3) is 0 Å². The highest BCUT2D eigenvalue weighted by Crippen LogP contribution is 2.48. The predicted molar refractivity (Wildman–Crippen MR) is 138 cm³/mol. The summed E-state index contributed by atoms with van der Waals surface area (Å²) in [5.74, 6) is -1.49. The number of aryl methyl sites for hydroxylation is 1. The van der Waals surface area contributed by atoms with Crippen LogP contribution in [0, 0.1) is 12.8 Å². The van der Waals surface area contributed by atoms with Crippen molar-refractivity contribution in [2.75, 3.05) is 17.2 Å². The molecule has 2 aliphatic rings. The van der Waals surface area contributed by atoms with Gasteiger partial charge in [0.2, 0.25) is 11.8 Å². The van der Waals surface area contributed by atoms with Gasteiger partial charge in [0.15, 0.2) is 0 Å². The highest BCUT2D eigenvalue weighted by atomic mass is 16.5. The van der Waals surface area contributed by atoms with Crippen molar-refractivity contribution in [3.63, 3.8) is 0 Å². The van der Waals surface area contributed by atoms with E-state index in [0.29, 0.717) is 30.7 Å². The summed E-state index contributed by atoms with van der Waals surface area (Å²) in [6, 6.07) is 22.4. The smallest absolute Gasteiger partial charge is 0.338 e. The molecule has 1 saturated heterocycles. The van der Waals surface area contributed by atoms with Gasteiger partial charge in [-0.2, -0.15) is 0 Å². The molecular weight excluding hydrogens is 454 g/mol. The van der Waals surface area contributed by atoms with E-state index in [1.54, 1.807) is 31.2 Å². The zero-order chi connectivity index (χ0) is 25.3. The topological polar surface area (TPSA) is 96.5 Å². The fourth-order valence-electron chi connectivity index (χ4n) is 5.34. The van der Waals surface area contributed by atoms with Crippen LogP contribution in [0.15, 0.2) is 72.8 Å². The molecular formula is C29H29N3O4. The minimum absolute atomic E-state index is 0.0634. The molecule has 2 amide bonds. The normalized spacial score (nSPS) is 22.2. The molecule has 0 radical (unpaired) electrons. The van der Waals surface area contributed by atoms with Crippen LogP contribution in [0.2, 0.25) is 0 Å². The Bertz CT molecular complexity index is 1310. The van der Waals surface area contributed by atoms with E-state index in [4.69, 9.17) is 4.74 Å². The molecule has 36 heavy (non-hydrogen) atoms. The van der Waals surface area contributed by atoms with Crippen LogP contribution < -0.4 is 16.0 Å². The Kier molecular flexibility index (Phi) is 6.33. The number of benzene rings is 3. The molecule has 0 bridgehead atoms. The Labute approximate surface area is 210 Å². The van der Waals surface area contributed by atoms with Gasteiger partial charge in [0.1, 0.15) is 5.54 Å². The van der Waals surface area contributed by atoms with Gasteiger partial charge < -0.3 is 15.4 Å². The summed E-state index contributed by atoms with van der Waals surface area (Å²) in [5, 5.41) is 9.53. The summed E-state index contributed by atoms with van der Waals surface area (Å²) in [7, 11) is 0. The highest BCUT2D eigenvalue weighted by molar-refractivity contribution is 6.10. The van der Waals surface area contributed by atoms with E-state index in [9.17, 15) is 14.4 Å². The van der Waals surface area contributed by atoms with Gasteiger partial charge in [-0.3, -0.25) is 14.9 Å². The number of nitrogens with one attached hydrogen (secondary N) is 3. The van der Waals surface area contributed by atoms with Crippen molar-refractivity contribution in [1.29, 1.82) is 0 Å². The maximum Gasteiger partial charge on any atom is 0.338 e. The first-order valence-corrected chi connectivity index (χ1v) is 12.2. The third-order valence-electron chi connectivity index (χ3n) is 6.99. The summed E-state index contributed by atoms with van der Waals surface area (Å²) >= 11 is 0. The monoisotopic (exact) mass is 483 g/mol. The Morgan fingerprint density at radius 1 is 1.06 bits per heavy atom. The van der Waals surface area contributed by atoms with Gasteiger partial charge in [0, 0.05) is 23.0 Å². The predicted octanol–water partition coefficient (Wildman–Crippen LogP) is 4.18. The maximum absolute atomic E-state index is 13.7. The fourth-order valence-corrected chi connectivity index (χ4v) is 5.34. The van der Waals surface area contributed by atoms with Gasteiger partial charge in [-0.05, 0) is 62.6 Å². The summed E-state index contributed by atoms with van der Waals surface area (Å²) in [5.41, 5.74) is 3.51. The van der Waals surface area contributed by atoms with Gasteiger partial charge in [0.25, 0.3) is 0 Å². The largest absolute Gasteiger partial charge is 0.462 e. The first-order valence-electron chi connectivity index (χ1n) is 12.2. The van der Waals surface area contributed by atoms with Gasteiger partial charge in [0.05, 0.1) is 18.1 Å². The van der Waals surface area contributed by atoms with Crippen LogP contribution in [0.1, 0.15) is 40.4 Å². The lowest BCUT2D eigenvalue weighted by molar-refractivity contribution is -0.130. The molecule has 0 aliphatic carbocycles. The molecule has 0 unspecified atom stereocenters. The molecule has 2 aliphatic heterocycles. The van der Waals surface area contributed by atoms with E-state index in [2.05, 4.69) is 28.1 Å². The SMILES string of the molecule is CCOC(=O)c1ccc(NC(=O)[C@H]2C[C@H](Cc3ccccc3)N[C@]23C(=O)Nc2ccc(C)cc23)cc1. The maximum atomic E-state index is 13.7. The second-order valence-electron chi connectivity index (χ2n) is 9.42. The summed E-state index contributed by atoms with van der Waals surface area (Å²) in [4.78, 5) is 39.2. The number of amides is 2. The van der Waals surface area contributed by atoms with Crippen LogP contribution in [0.4, 0.5) is 11.4 Å². The number of rotatable bonds is 6. The van der Waals surface area contributed by atoms with Crippen molar-refractivity contribution in [3.8, 4) is 0 Å². The summed E-state index contributed by atoms with van der Waals surface area (Å²) < 4.78 is 5.03. The highest BCUT2D eigenvalue weighted by Gasteiger charge is 2.60. The average Bonchev–Trinajstić information content (AvgIpc) is 3.38. The third-order valence-corrected chi connectivity index (χ3v) is 6.99. The number of ether oxygens (including phenoxy) is 1. The first-order chi connectivity index (χ1) is 17.4. The number of fused-ring (bicyclic) bond motifs is 2. The lowest BCUT2D eigenvalue weighted by Crippen LogP contribution is -2.52. The number of carbonyl (C=O) groups excluding carboxylic acids is 3. The average molecular weight is 484 g/mol. The molecule has 0 saturated carbocycles. The van der Waals surface area contributed by atoms with E-state index in [1.807, 2.05) is 43.3 Å². The molecule has 3 aromatic carbocycles. The Morgan fingerprint density at radius 2 is 1.81 bits per heavy atom. The van der Waals surface area contributed by atoms with Crippen LogP contribution >= 0.6 is 0 Å². The number of esters is 1. The molecule has 3 N–H and O–H groups in total. The third kappa shape index (κ3) is 4.27. The molecule has 2 heterocycles. The van der Waals surface area contributed by atoms with E-state index in [1.165, 1.54) is 0 Å². The Hall–Kier alpha value is -3.97. The van der Waals surface area contributed by atoms with E-state index < -0.39 is 17.4 Å². The van der Waals surface area contributed by atoms with Crippen LogP contribution in [-0.2, 0) is 26.3 Å².